The van der Waals surface area contributed by atoms with Crippen LogP contribution in [-0.4, -0.2) is 15.2 Å². The Morgan fingerprint density at radius 1 is 1.35 bits per heavy atom. The Morgan fingerprint density at radius 2 is 2.10 bits per heavy atom. The molecule has 0 saturated carbocycles. The highest BCUT2D eigenvalue weighted by molar-refractivity contribution is 7.99. The van der Waals surface area contributed by atoms with Gasteiger partial charge in [0.25, 0.3) is 0 Å². The minimum Gasteiger partial charge on any atom is -0.382 e. The summed E-state index contributed by atoms with van der Waals surface area (Å²) in [5.74, 6) is 0.250. The van der Waals surface area contributed by atoms with E-state index >= 15 is 0 Å². The average Bonchev–Trinajstić information content (AvgIpc) is 2.46. The summed E-state index contributed by atoms with van der Waals surface area (Å²) in [5, 5.41) is 9.80. The number of aryl methyl sites for hydroxylation is 1. The van der Waals surface area contributed by atoms with Crippen molar-refractivity contribution in [2.45, 2.75) is 30.2 Å². The number of nitrogen functional groups attached to an aromatic ring is 1. The van der Waals surface area contributed by atoms with Crippen LogP contribution in [0.3, 0.4) is 0 Å². The van der Waals surface area contributed by atoms with Crippen molar-refractivity contribution in [3.05, 3.63) is 47.7 Å². The van der Waals surface area contributed by atoms with Crippen LogP contribution in [0.25, 0.3) is 0 Å². The fraction of sp³-hybridized carbons (Fsp3) is 0.267. The van der Waals surface area contributed by atoms with Crippen molar-refractivity contribution in [1.29, 1.82) is 5.26 Å². The molecule has 0 aliphatic carbocycles. The second-order valence-electron chi connectivity index (χ2n) is 4.52. The molecule has 1 heterocycles. The van der Waals surface area contributed by atoms with Crippen LogP contribution in [0.1, 0.15) is 24.5 Å². The van der Waals surface area contributed by atoms with Crippen LogP contribution in [-0.2, 0) is 6.42 Å². The smallest absolute Gasteiger partial charge is 0.189 e. The lowest BCUT2D eigenvalue weighted by atomic mass is 10.1. The summed E-state index contributed by atoms with van der Waals surface area (Å²) in [6, 6.07) is 12.4. The topological polar surface area (TPSA) is 75.6 Å². The Kier molecular flexibility index (Phi) is 4.97. The first-order valence-electron chi connectivity index (χ1n) is 6.42. The molecule has 2 aromatic rings. The van der Waals surface area contributed by atoms with Gasteiger partial charge in [0.2, 0.25) is 0 Å². The molecular formula is C15H16N4S. The van der Waals surface area contributed by atoms with Gasteiger partial charge in [0, 0.05) is 5.25 Å². The van der Waals surface area contributed by atoms with E-state index in [2.05, 4.69) is 41.2 Å². The van der Waals surface area contributed by atoms with Gasteiger partial charge in [-0.3, -0.25) is 0 Å². The highest BCUT2D eigenvalue weighted by Crippen LogP contribution is 2.24. The van der Waals surface area contributed by atoms with Gasteiger partial charge in [-0.1, -0.05) is 49.0 Å². The molecule has 20 heavy (non-hydrogen) atoms. The molecule has 2 rings (SSSR count). The number of benzene rings is 1. The fourth-order valence-electron chi connectivity index (χ4n) is 1.77. The molecule has 1 atom stereocenters. The zero-order valence-electron chi connectivity index (χ0n) is 11.3. The van der Waals surface area contributed by atoms with E-state index in [1.165, 1.54) is 11.8 Å². The first kappa shape index (κ1) is 14.4. The fourth-order valence-corrected chi connectivity index (χ4v) is 2.63. The van der Waals surface area contributed by atoms with Crippen molar-refractivity contribution in [2.24, 2.45) is 0 Å². The summed E-state index contributed by atoms with van der Waals surface area (Å²) in [7, 11) is 0. The maximum atomic E-state index is 8.78. The van der Waals surface area contributed by atoms with Gasteiger partial charge >= 0.3 is 0 Å². The van der Waals surface area contributed by atoms with Gasteiger partial charge in [-0.2, -0.15) is 5.26 Å². The van der Waals surface area contributed by atoms with Crippen LogP contribution in [0.15, 0.2) is 41.7 Å². The minimum absolute atomic E-state index is 0.250. The van der Waals surface area contributed by atoms with Gasteiger partial charge in [-0.05, 0) is 18.4 Å². The Hall–Kier alpha value is -2.06. The van der Waals surface area contributed by atoms with Crippen LogP contribution in [0.4, 0.5) is 5.82 Å². The first-order valence-corrected chi connectivity index (χ1v) is 7.30. The maximum absolute atomic E-state index is 8.78. The number of nitrogens with zero attached hydrogens (tertiary/aromatic N) is 3. The Morgan fingerprint density at radius 3 is 2.75 bits per heavy atom. The highest BCUT2D eigenvalue weighted by atomic mass is 32.2. The van der Waals surface area contributed by atoms with E-state index in [1.54, 1.807) is 11.8 Å². The molecule has 5 heteroatoms. The van der Waals surface area contributed by atoms with Gasteiger partial charge in [-0.25, -0.2) is 9.97 Å². The molecule has 2 N–H and O–H groups in total. The molecule has 0 fully saturated rings. The number of anilines is 1. The van der Waals surface area contributed by atoms with Crippen molar-refractivity contribution in [2.75, 3.05) is 5.73 Å². The number of rotatable bonds is 5. The number of aromatic nitrogens is 2. The monoisotopic (exact) mass is 284 g/mol. The number of nitriles is 1. The number of hydrogen-bond acceptors (Lipinski definition) is 5. The summed E-state index contributed by atoms with van der Waals surface area (Å²) in [6.45, 7) is 2.14. The van der Waals surface area contributed by atoms with Crippen molar-refractivity contribution in [1.82, 2.24) is 9.97 Å². The van der Waals surface area contributed by atoms with Crippen LogP contribution >= 0.6 is 11.8 Å². The maximum Gasteiger partial charge on any atom is 0.189 e. The Balaban J connectivity index is 1.90. The lowest BCUT2D eigenvalue weighted by Crippen LogP contribution is -2.03. The van der Waals surface area contributed by atoms with Gasteiger partial charge in [0.15, 0.2) is 5.16 Å². The largest absolute Gasteiger partial charge is 0.382 e. The van der Waals surface area contributed by atoms with Gasteiger partial charge < -0.3 is 5.73 Å². The van der Waals surface area contributed by atoms with Gasteiger partial charge in [-0.15, -0.1) is 0 Å². The molecule has 0 spiro atoms. The van der Waals surface area contributed by atoms with Gasteiger partial charge in [0.1, 0.15) is 17.5 Å². The predicted octanol–water partition coefficient (Wildman–Crippen LogP) is 3.04. The Bertz CT molecular complexity index is 607. The van der Waals surface area contributed by atoms with E-state index in [0.717, 1.165) is 12.8 Å². The third-order valence-corrected chi connectivity index (χ3v) is 3.95. The SMILES string of the molecule is C[C@H](CCc1ccccc1)Sc1ncc(C#N)c(N)n1. The van der Waals surface area contributed by atoms with Crippen LogP contribution in [0, 0.1) is 11.3 Å². The molecule has 1 aromatic heterocycles. The molecule has 0 radical (unpaired) electrons. The molecule has 1 aromatic carbocycles. The zero-order chi connectivity index (χ0) is 14.4. The Labute approximate surface area is 123 Å². The summed E-state index contributed by atoms with van der Waals surface area (Å²) in [4.78, 5) is 8.30. The third-order valence-electron chi connectivity index (χ3n) is 2.91. The number of thioether (sulfide) groups is 1. The molecule has 0 aliphatic heterocycles. The second kappa shape index (κ2) is 6.92. The number of nitrogens with two attached hydrogens (primary N) is 1. The summed E-state index contributed by atoms with van der Waals surface area (Å²) in [5.41, 5.74) is 7.34. The molecule has 102 valence electrons. The number of hydrogen-bond donors (Lipinski definition) is 1. The zero-order valence-corrected chi connectivity index (χ0v) is 12.1. The standard InChI is InChI=1S/C15H16N4S/c1-11(7-8-12-5-3-2-4-6-12)20-15-18-10-13(9-16)14(17)19-15/h2-6,10-11H,7-8H2,1H3,(H2,17,18,19)/t11-/m1/s1. The van der Waals surface area contributed by atoms with E-state index < -0.39 is 0 Å². The van der Waals surface area contributed by atoms with E-state index in [9.17, 15) is 0 Å². The minimum atomic E-state index is 0.250. The molecule has 0 amide bonds. The van der Waals surface area contributed by atoms with Crippen molar-refractivity contribution < 1.29 is 0 Å². The lowest BCUT2D eigenvalue weighted by Gasteiger charge is -2.10. The first-order chi connectivity index (χ1) is 9.69. The van der Waals surface area contributed by atoms with Gasteiger partial charge in [0.05, 0.1) is 6.20 Å². The second-order valence-corrected chi connectivity index (χ2v) is 5.92. The third kappa shape index (κ3) is 3.97. The van der Waals surface area contributed by atoms with E-state index in [0.29, 0.717) is 16.0 Å². The van der Waals surface area contributed by atoms with Crippen LogP contribution < -0.4 is 5.73 Å². The molecular weight excluding hydrogens is 268 g/mol. The van der Waals surface area contributed by atoms with Crippen LogP contribution in [0.5, 0.6) is 0 Å². The van der Waals surface area contributed by atoms with Crippen molar-refractivity contribution >= 4 is 17.6 Å². The van der Waals surface area contributed by atoms with E-state index in [1.807, 2.05) is 12.1 Å². The summed E-state index contributed by atoms with van der Waals surface area (Å²) < 4.78 is 0. The molecule has 0 bridgehead atoms. The van der Waals surface area contributed by atoms with Crippen LogP contribution in [0.2, 0.25) is 0 Å². The lowest BCUT2D eigenvalue weighted by molar-refractivity contribution is 0.805. The highest BCUT2D eigenvalue weighted by Gasteiger charge is 2.09. The normalized spacial score (nSPS) is 11.8. The quantitative estimate of drug-likeness (QED) is 0.674. The molecule has 4 nitrogen and oxygen atoms in total. The summed E-state index contributed by atoms with van der Waals surface area (Å²) in [6.07, 6.45) is 3.55. The van der Waals surface area contributed by atoms with E-state index in [-0.39, 0.29) is 5.82 Å². The van der Waals surface area contributed by atoms with Crippen molar-refractivity contribution in [3.8, 4) is 6.07 Å². The average molecular weight is 284 g/mol. The summed E-state index contributed by atoms with van der Waals surface area (Å²) >= 11 is 1.58. The molecule has 0 saturated heterocycles. The molecule has 0 aliphatic rings. The van der Waals surface area contributed by atoms with Crippen molar-refractivity contribution in [3.63, 3.8) is 0 Å². The predicted molar refractivity (Wildman–Crippen MR) is 81.2 cm³/mol. The molecule has 0 unspecified atom stereocenters. The van der Waals surface area contributed by atoms with E-state index in [4.69, 9.17) is 11.0 Å².